The van der Waals surface area contributed by atoms with Crippen molar-refractivity contribution in [3.63, 3.8) is 0 Å². The molecule has 0 aliphatic carbocycles. The van der Waals surface area contributed by atoms with Crippen LogP contribution in [0, 0.1) is 0 Å². The average molecular weight is 495 g/mol. The molecule has 0 aliphatic rings. The summed E-state index contributed by atoms with van der Waals surface area (Å²) >= 11 is 0. The van der Waals surface area contributed by atoms with Crippen LogP contribution < -0.4 is 9.47 Å². The van der Waals surface area contributed by atoms with Gasteiger partial charge in [-0.1, -0.05) is 18.2 Å². The SMILES string of the molecule is C=CCc1cc(OC)c(O)c(-c2ccc(-c3ccc(-c4cc(OC)ccc4O)cn3)nc2)c1.[Mn]. The Kier molecular flexibility index (Phi) is 7.95. The fourth-order valence-electron chi connectivity index (χ4n) is 3.61. The Hall–Kier alpha value is -3.80. The molecule has 1 radical (unpaired) electrons. The van der Waals surface area contributed by atoms with Crippen molar-refractivity contribution >= 4 is 0 Å². The van der Waals surface area contributed by atoms with Crippen molar-refractivity contribution in [1.82, 2.24) is 9.97 Å². The molecule has 4 aromatic rings. The van der Waals surface area contributed by atoms with Crippen LogP contribution >= 0.6 is 0 Å². The predicted molar refractivity (Wildman–Crippen MR) is 129 cm³/mol. The molecule has 0 saturated heterocycles. The van der Waals surface area contributed by atoms with E-state index in [-0.39, 0.29) is 28.6 Å². The van der Waals surface area contributed by atoms with Gasteiger partial charge in [0.25, 0.3) is 0 Å². The number of nitrogens with zero attached hydrogens (tertiary/aromatic N) is 2. The maximum Gasteiger partial charge on any atom is 0.165 e. The van der Waals surface area contributed by atoms with E-state index in [2.05, 4.69) is 16.5 Å². The summed E-state index contributed by atoms with van der Waals surface area (Å²) in [5.74, 6) is 1.29. The fourth-order valence-corrected chi connectivity index (χ4v) is 3.61. The van der Waals surface area contributed by atoms with Crippen LogP contribution in [0.2, 0.25) is 0 Å². The summed E-state index contributed by atoms with van der Waals surface area (Å²) in [4.78, 5) is 9.05. The molecule has 0 amide bonds. The third kappa shape index (κ3) is 5.06. The largest absolute Gasteiger partial charge is 0.507 e. The normalized spacial score (nSPS) is 10.3. The smallest absolute Gasteiger partial charge is 0.165 e. The van der Waals surface area contributed by atoms with Crippen LogP contribution in [0.25, 0.3) is 33.6 Å². The van der Waals surface area contributed by atoms with Crippen molar-refractivity contribution in [2.45, 2.75) is 6.42 Å². The number of allylic oxidation sites excluding steroid dienone is 1. The first-order chi connectivity index (χ1) is 16.0. The van der Waals surface area contributed by atoms with Gasteiger partial charge in [-0.3, -0.25) is 9.97 Å². The third-order valence-corrected chi connectivity index (χ3v) is 5.35. The van der Waals surface area contributed by atoms with Gasteiger partial charge in [0.1, 0.15) is 11.5 Å². The molecule has 173 valence electrons. The number of aromatic hydroxyl groups is 2. The van der Waals surface area contributed by atoms with Crippen molar-refractivity contribution in [2.75, 3.05) is 14.2 Å². The number of aromatic nitrogens is 2. The monoisotopic (exact) mass is 495 g/mol. The van der Waals surface area contributed by atoms with Gasteiger partial charge >= 0.3 is 0 Å². The summed E-state index contributed by atoms with van der Waals surface area (Å²) in [6.07, 6.45) is 5.85. The molecule has 6 nitrogen and oxygen atoms in total. The van der Waals surface area contributed by atoms with E-state index in [1.165, 1.54) is 7.11 Å². The standard InChI is InChI=1S/C27H24N2O4.Mn/c1-4-5-17-12-22(27(31)26(13-17)33-3)19-7-10-24(29-16-19)23-9-6-18(15-28-23)21-14-20(32-2)8-11-25(21)30;/h4,6-16,30-31H,1,5H2,2-3H3;. The molecule has 0 unspecified atom stereocenters. The number of benzene rings is 2. The van der Waals surface area contributed by atoms with Gasteiger partial charge in [-0.2, -0.15) is 0 Å². The van der Waals surface area contributed by atoms with Gasteiger partial charge in [0.05, 0.1) is 25.6 Å². The van der Waals surface area contributed by atoms with Crippen molar-refractivity contribution < 1.29 is 36.8 Å². The predicted octanol–water partition coefficient (Wildman–Crippen LogP) is 5.63. The van der Waals surface area contributed by atoms with Crippen LogP contribution in [-0.4, -0.2) is 34.4 Å². The van der Waals surface area contributed by atoms with Crippen molar-refractivity contribution in [2.24, 2.45) is 0 Å². The first kappa shape index (κ1) is 24.8. The topological polar surface area (TPSA) is 84.7 Å². The molecule has 7 heteroatoms. The Bertz CT molecular complexity index is 1290. The Labute approximate surface area is 209 Å². The van der Waals surface area contributed by atoms with Gasteiger partial charge in [0, 0.05) is 51.7 Å². The number of hydrogen-bond acceptors (Lipinski definition) is 6. The van der Waals surface area contributed by atoms with Gasteiger partial charge in [-0.25, -0.2) is 0 Å². The van der Waals surface area contributed by atoms with E-state index < -0.39 is 0 Å². The van der Waals surface area contributed by atoms with Crippen LogP contribution in [-0.2, 0) is 23.5 Å². The summed E-state index contributed by atoms with van der Waals surface area (Å²) in [7, 11) is 3.11. The van der Waals surface area contributed by atoms with Crippen molar-refractivity contribution in [3.05, 3.63) is 85.2 Å². The number of rotatable bonds is 7. The minimum Gasteiger partial charge on any atom is -0.507 e. The van der Waals surface area contributed by atoms with E-state index >= 15 is 0 Å². The zero-order chi connectivity index (χ0) is 23.4. The minimum atomic E-state index is 0. The summed E-state index contributed by atoms with van der Waals surface area (Å²) in [5, 5.41) is 20.8. The number of hydrogen-bond donors (Lipinski definition) is 2. The van der Waals surface area contributed by atoms with E-state index in [4.69, 9.17) is 9.47 Å². The number of methoxy groups -OCH3 is 2. The molecular formula is C27H24MnN2O4. The van der Waals surface area contributed by atoms with Crippen molar-refractivity contribution in [3.8, 4) is 56.6 Å². The zero-order valence-electron chi connectivity index (χ0n) is 18.8. The molecule has 0 fully saturated rings. The van der Waals surface area contributed by atoms with Gasteiger partial charge in [0.15, 0.2) is 11.5 Å². The molecule has 0 saturated carbocycles. The molecule has 0 spiro atoms. The van der Waals surface area contributed by atoms with Crippen LogP contribution in [0.15, 0.2) is 79.6 Å². The average Bonchev–Trinajstić information content (AvgIpc) is 2.86. The second kappa shape index (κ2) is 10.9. The first-order valence-corrected chi connectivity index (χ1v) is 10.3. The number of pyridine rings is 2. The molecule has 2 aromatic carbocycles. The molecule has 4 rings (SSSR count). The molecule has 2 N–H and O–H groups in total. The van der Waals surface area contributed by atoms with Gasteiger partial charge in [-0.15, -0.1) is 6.58 Å². The number of phenolic OH excluding ortho intramolecular Hbond substituents is 2. The van der Waals surface area contributed by atoms with Gasteiger partial charge in [0.2, 0.25) is 0 Å². The maximum atomic E-state index is 10.6. The molecule has 0 atom stereocenters. The minimum absolute atomic E-state index is 0. The van der Waals surface area contributed by atoms with Gasteiger partial charge in [-0.05, 0) is 54.4 Å². The fraction of sp³-hybridized carbons (Fsp3) is 0.111. The van der Waals surface area contributed by atoms with Crippen LogP contribution in [0.5, 0.6) is 23.0 Å². The van der Waals surface area contributed by atoms with Crippen LogP contribution in [0.3, 0.4) is 0 Å². The summed E-state index contributed by atoms with van der Waals surface area (Å²) in [6.45, 7) is 3.78. The van der Waals surface area contributed by atoms with E-state index in [1.54, 1.807) is 49.8 Å². The van der Waals surface area contributed by atoms with E-state index in [9.17, 15) is 10.2 Å². The van der Waals surface area contributed by atoms with Crippen LogP contribution in [0.4, 0.5) is 0 Å². The van der Waals surface area contributed by atoms with E-state index in [0.717, 1.165) is 16.7 Å². The molecular weight excluding hydrogens is 471 g/mol. The summed E-state index contributed by atoms with van der Waals surface area (Å²) in [5.41, 5.74) is 5.17. The number of phenols is 2. The zero-order valence-corrected chi connectivity index (χ0v) is 20.0. The number of ether oxygens (including phenoxy) is 2. The van der Waals surface area contributed by atoms with Gasteiger partial charge < -0.3 is 19.7 Å². The first-order valence-electron chi connectivity index (χ1n) is 10.3. The molecule has 2 heterocycles. The molecule has 2 aromatic heterocycles. The molecule has 0 aliphatic heterocycles. The Morgan fingerprint density at radius 1 is 0.824 bits per heavy atom. The summed E-state index contributed by atoms with van der Waals surface area (Å²) < 4.78 is 10.6. The van der Waals surface area contributed by atoms with E-state index in [0.29, 0.717) is 40.4 Å². The van der Waals surface area contributed by atoms with Crippen LogP contribution in [0.1, 0.15) is 5.56 Å². The Morgan fingerprint density at radius 3 is 2.00 bits per heavy atom. The molecule has 34 heavy (non-hydrogen) atoms. The second-order valence-electron chi connectivity index (χ2n) is 7.43. The van der Waals surface area contributed by atoms with E-state index in [1.807, 2.05) is 30.3 Å². The quantitative estimate of drug-likeness (QED) is 0.255. The maximum absolute atomic E-state index is 10.6. The summed E-state index contributed by atoms with van der Waals surface area (Å²) in [6, 6.07) is 16.2. The Morgan fingerprint density at radius 2 is 1.47 bits per heavy atom. The molecule has 0 bridgehead atoms. The van der Waals surface area contributed by atoms with Crippen molar-refractivity contribution in [1.29, 1.82) is 0 Å². The second-order valence-corrected chi connectivity index (χ2v) is 7.43. The third-order valence-electron chi connectivity index (χ3n) is 5.35. The Balaban J connectivity index is 0.00000324.